The van der Waals surface area contributed by atoms with Crippen molar-refractivity contribution < 1.29 is 23.8 Å². The van der Waals surface area contributed by atoms with Gasteiger partial charge in [-0.05, 0) is 73.5 Å². The van der Waals surface area contributed by atoms with Gasteiger partial charge in [-0.3, -0.25) is 14.5 Å². The van der Waals surface area contributed by atoms with Crippen molar-refractivity contribution in [3.05, 3.63) is 60.1 Å². The van der Waals surface area contributed by atoms with E-state index in [1.165, 1.54) is 37.5 Å². The summed E-state index contributed by atoms with van der Waals surface area (Å²) in [5.74, 6) is -1.07. The summed E-state index contributed by atoms with van der Waals surface area (Å²) in [6.07, 6.45) is 1.49. The maximum Gasteiger partial charge on any atom is 0.293 e. The summed E-state index contributed by atoms with van der Waals surface area (Å²) >= 11 is 13.3. The molecule has 1 aliphatic rings. The van der Waals surface area contributed by atoms with Gasteiger partial charge in [-0.1, -0.05) is 17.7 Å². The van der Waals surface area contributed by atoms with Crippen LogP contribution in [-0.4, -0.2) is 28.3 Å². The lowest BCUT2D eigenvalue weighted by molar-refractivity contribution is -0.123. The molecular weight excluding hydrogens is 541 g/mol. The first-order valence-electron chi connectivity index (χ1n) is 7.67. The number of phenolic OH excluding ortho intramolecular Hbond substituents is 1. The molecule has 1 N–H and O–H groups in total. The molecule has 146 valence electrons. The molecule has 5 nitrogen and oxygen atoms in total. The van der Waals surface area contributed by atoms with Crippen LogP contribution in [0.4, 0.5) is 9.18 Å². The van der Waals surface area contributed by atoms with Gasteiger partial charge in [0.05, 0.1) is 23.0 Å². The molecule has 0 bridgehead atoms. The zero-order valence-electron chi connectivity index (χ0n) is 14.1. The van der Waals surface area contributed by atoms with Crippen LogP contribution >= 0.6 is 55.2 Å². The first kappa shape index (κ1) is 21.2. The van der Waals surface area contributed by atoms with E-state index in [4.69, 9.17) is 16.3 Å². The van der Waals surface area contributed by atoms with Crippen molar-refractivity contribution in [2.75, 3.05) is 7.11 Å². The molecule has 1 fully saturated rings. The Kier molecular flexibility index (Phi) is 6.38. The molecule has 0 radical (unpaired) electrons. The number of phenols is 1. The Bertz CT molecular complexity index is 1010. The van der Waals surface area contributed by atoms with Crippen LogP contribution in [-0.2, 0) is 11.3 Å². The summed E-state index contributed by atoms with van der Waals surface area (Å²) in [7, 11) is 1.39. The minimum Gasteiger partial charge on any atom is -0.503 e. The fraction of sp³-hybridized carbons (Fsp3) is 0.111. The number of benzene rings is 2. The Morgan fingerprint density at radius 1 is 1.32 bits per heavy atom. The molecule has 2 aromatic rings. The van der Waals surface area contributed by atoms with E-state index in [1.807, 2.05) is 0 Å². The number of methoxy groups -OCH3 is 1. The lowest BCUT2D eigenvalue weighted by Gasteiger charge is -2.14. The van der Waals surface area contributed by atoms with E-state index in [1.54, 1.807) is 0 Å². The second-order valence-corrected chi connectivity index (χ2v) is 8.60. The molecule has 0 unspecified atom stereocenters. The molecule has 0 spiro atoms. The van der Waals surface area contributed by atoms with Gasteiger partial charge in [0.1, 0.15) is 5.82 Å². The molecule has 1 saturated heterocycles. The van der Waals surface area contributed by atoms with Gasteiger partial charge >= 0.3 is 0 Å². The van der Waals surface area contributed by atoms with E-state index in [0.29, 0.717) is 14.5 Å². The second kappa shape index (κ2) is 8.44. The molecule has 1 aliphatic heterocycles. The molecule has 0 aromatic heterocycles. The van der Waals surface area contributed by atoms with Crippen molar-refractivity contribution in [1.82, 2.24) is 4.90 Å². The maximum atomic E-state index is 14.0. The molecule has 1 heterocycles. The summed E-state index contributed by atoms with van der Waals surface area (Å²) < 4.78 is 19.9. The lowest BCUT2D eigenvalue weighted by atomic mass is 10.1. The average Bonchev–Trinajstić information content (AvgIpc) is 2.92. The van der Waals surface area contributed by atoms with Gasteiger partial charge in [-0.25, -0.2) is 4.39 Å². The van der Waals surface area contributed by atoms with Crippen molar-refractivity contribution >= 4 is 72.4 Å². The van der Waals surface area contributed by atoms with Gasteiger partial charge in [-0.15, -0.1) is 0 Å². The summed E-state index contributed by atoms with van der Waals surface area (Å²) in [5, 5.41) is 9.62. The fourth-order valence-corrected chi connectivity index (χ4v) is 4.38. The quantitative estimate of drug-likeness (QED) is 0.476. The number of carbonyl (C=O) groups excluding carboxylic acids is 2. The molecule has 0 atom stereocenters. The van der Waals surface area contributed by atoms with Gasteiger partial charge in [0, 0.05) is 15.1 Å². The molecule has 28 heavy (non-hydrogen) atoms. The minimum atomic E-state index is -0.592. The Morgan fingerprint density at radius 3 is 2.68 bits per heavy atom. The zero-order valence-corrected chi connectivity index (χ0v) is 18.9. The summed E-state index contributed by atoms with van der Waals surface area (Å²) in [5.41, 5.74) is 0.582. The van der Waals surface area contributed by atoms with E-state index < -0.39 is 17.0 Å². The van der Waals surface area contributed by atoms with Crippen molar-refractivity contribution in [3.63, 3.8) is 0 Å². The van der Waals surface area contributed by atoms with E-state index in [2.05, 4.69) is 31.9 Å². The number of amides is 2. The van der Waals surface area contributed by atoms with Crippen molar-refractivity contribution in [2.24, 2.45) is 0 Å². The highest BCUT2D eigenvalue weighted by Gasteiger charge is 2.36. The van der Waals surface area contributed by atoms with Crippen LogP contribution in [0.15, 0.2) is 38.1 Å². The normalized spacial score (nSPS) is 15.6. The molecule has 10 heteroatoms. The van der Waals surface area contributed by atoms with Crippen LogP contribution in [0.25, 0.3) is 6.08 Å². The van der Waals surface area contributed by atoms with Gasteiger partial charge in [-0.2, -0.15) is 0 Å². The van der Waals surface area contributed by atoms with Crippen molar-refractivity contribution in [2.45, 2.75) is 6.54 Å². The largest absolute Gasteiger partial charge is 0.503 e. The van der Waals surface area contributed by atoms with Crippen LogP contribution in [0.3, 0.4) is 0 Å². The summed E-state index contributed by atoms with van der Waals surface area (Å²) in [6.45, 7) is -0.267. The summed E-state index contributed by atoms with van der Waals surface area (Å²) in [6, 6.07) is 5.67. The monoisotopic (exact) mass is 549 g/mol. The number of hydrogen-bond donors (Lipinski definition) is 1. The number of carbonyl (C=O) groups is 2. The molecule has 0 aliphatic carbocycles. The Balaban J connectivity index is 1.95. The van der Waals surface area contributed by atoms with Gasteiger partial charge in [0.25, 0.3) is 11.1 Å². The first-order chi connectivity index (χ1) is 13.2. The van der Waals surface area contributed by atoms with Crippen LogP contribution in [0.1, 0.15) is 11.1 Å². The number of imide groups is 1. The summed E-state index contributed by atoms with van der Waals surface area (Å²) in [4.78, 5) is 26.1. The molecule has 0 saturated carbocycles. The highest BCUT2D eigenvalue weighted by atomic mass is 79.9. The third-order valence-corrected chi connectivity index (χ3v) is 7.35. The Labute approximate surface area is 185 Å². The lowest BCUT2D eigenvalue weighted by Crippen LogP contribution is -2.28. The van der Waals surface area contributed by atoms with Crippen LogP contribution < -0.4 is 4.74 Å². The van der Waals surface area contributed by atoms with Crippen LogP contribution in [0, 0.1) is 5.82 Å². The van der Waals surface area contributed by atoms with Gasteiger partial charge in [0.2, 0.25) is 0 Å². The number of nitrogens with zero attached hydrogens (tertiary/aromatic N) is 1. The van der Waals surface area contributed by atoms with E-state index in [0.717, 1.165) is 16.7 Å². The third-order valence-electron chi connectivity index (χ3n) is 3.93. The third kappa shape index (κ3) is 3.94. The SMILES string of the molecule is COc1cc(/C=C2\SC(=O)N(Cc3c(F)cccc3Cl)C2=O)c(Br)c(Br)c1O. The highest BCUT2D eigenvalue weighted by Crippen LogP contribution is 2.43. The average molecular weight is 552 g/mol. The molecular formula is C18H11Br2ClFNO4S. The smallest absolute Gasteiger partial charge is 0.293 e. The number of rotatable bonds is 4. The minimum absolute atomic E-state index is 0.0722. The maximum absolute atomic E-state index is 14.0. The number of hydrogen-bond acceptors (Lipinski definition) is 5. The van der Waals surface area contributed by atoms with E-state index in [-0.39, 0.29) is 33.5 Å². The fourth-order valence-electron chi connectivity index (χ4n) is 2.49. The van der Waals surface area contributed by atoms with Crippen LogP contribution in [0.5, 0.6) is 11.5 Å². The topological polar surface area (TPSA) is 66.8 Å². The predicted octanol–water partition coefficient (Wildman–Crippen LogP) is 5.95. The standard InChI is InChI=1S/C18H11Br2ClFNO4S/c1-27-12-5-8(14(19)15(20)16(12)24)6-13-17(25)23(18(26)28-13)7-9-10(21)3-2-4-11(9)22/h2-6,24H,7H2,1H3/b13-6-. The van der Waals surface area contributed by atoms with Crippen LogP contribution in [0.2, 0.25) is 5.02 Å². The molecule has 2 amide bonds. The Morgan fingerprint density at radius 2 is 2.04 bits per heavy atom. The van der Waals surface area contributed by atoms with Crippen molar-refractivity contribution in [1.29, 1.82) is 0 Å². The second-order valence-electron chi connectivity index (χ2n) is 5.61. The van der Waals surface area contributed by atoms with E-state index >= 15 is 0 Å². The van der Waals surface area contributed by atoms with Gasteiger partial charge < -0.3 is 9.84 Å². The molecule has 3 rings (SSSR count). The Hall–Kier alpha value is -1.55. The highest BCUT2D eigenvalue weighted by molar-refractivity contribution is 9.13. The number of aromatic hydroxyl groups is 1. The number of thioether (sulfide) groups is 1. The van der Waals surface area contributed by atoms with Crippen molar-refractivity contribution in [3.8, 4) is 11.5 Å². The van der Waals surface area contributed by atoms with E-state index in [9.17, 15) is 19.1 Å². The van der Waals surface area contributed by atoms with Gasteiger partial charge in [0.15, 0.2) is 11.5 Å². The molecule has 2 aromatic carbocycles. The first-order valence-corrected chi connectivity index (χ1v) is 10.5. The number of ether oxygens (including phenoxy) is 1. The number of halogens is 4. The zero-order chi connectivity index (χ0) is 20.6. The predicted molar refractivity (Wildman–Crippen MR) is 113 cm³/mol.